The number of nitrogens with one attached hydrogen (secondary N) is 2. The van der Waals surface area contributed by atoms with Crippen LogP contribution in [0, 0.1) is 0 Å². The summed E-state index contributed by atoms with van der Waals surface area (Å²) in [5.74, 6) is 0.155. The first-order valence-corrected chi connectivity index (χ1v) is 9.55. The molecule has 0 spiro atoms. The first kappa shape index (κ1) is 17.5. The number of sulfonamides is 1. The molecule has 0 bridgehead atoms. The van der Waals surface area contributed by atoms with Crippen molar-refractivity contribution in [3.8, 4) is 0 Å². The molecule has 0 saturated heterocycles. The molecule has 2 aromatic carbocycles. The Morgan fingerprint density at radius 1 is 1.04 bits per heavy atom. The standard InChI is InChI=1S/C16H18N2O3S2/c1-2-17-23(20,21)15-10-8-13(9-11-15)18-16(19)12-22-14-6-4-3-5-7-14/h3-11,17H,2,12H2,1H3,(H,18,19). The fraction of sp³-hybridized carbons (Fsp3) is 0.188. The molecule has 0 aromatic heterocycles. The Morgan fingerprint density at radius 3 is 2.30 bits per heavy atom. The molecule has 122 valence electrons. The average molecular weight is 350 g/mol. The van der Waals surface area contributed by atoms with Gasteiger partial charge in [0.05, 0.1) is 10.6 Å². The van der Waals surface area contributed by atoms with Gasteiger partial charge in [0.1, 0.15) is 0 Å². The molecular formula is C16H18N2O3S2. The predicted octanol–water partition coefficient (Wildman–Crippen LogP) is 2.72. The van der Waals surface area contributed by atoms with Crippen LogP contribution >= 0.6 is 11.8 Å². The van der Waals surface area contributed by atoms with Crippen LogP contribution < -0.4 is 10.0 Å². The van der Waals surface area contributed by atoms with Gasteiger partial charge in [0.25, 0.3) is 0 Å². The van der Waals surface area contributed by atoms with Gasteiger partial charge >= 0.3 is 0 Å². The van der Waals surface area contributed by atoms with Gasteiger partial charge in [0.2, 0.25) is 15.9 Å². The number of rotatable bonds is 7. The quantitative estimate of drug-likeness (QED) is 0.753. The van der Waals surface area contributed by atoms with Gasteiger partial charge in [-0.15, -0.1) is 11.8 Å². The van der Waals surface area contributed by atoms with Crippen molar-refractivity contribution in [1.29, 1.82) is 0 Å². The number of anilines is 1. The third kappa shape index (κ3) is 5.38. The summed E-state index contributed by atoms with van der Waals surface area (Å²) in [6.07, 6.45) is 0. The Kier molecular flexibility index (Phi) is 6.20. The van der Waals surface area contributed by atoms with Gasteiger partial charge in [-0.2, -0.15) is 0 Å². The molecule has 0 saturated carbocycles. The van der Waals surface area contributed by atoms with Crippen molar-refractivity contribution >= 4 is 33.4 Å². The normalized spacial score (nSPS) is 11.2. The van der Waals surface area contributed by atoms with Gasteiger partial charge in [-0.25, -0.2) is 13.1 Å². The fourth-order valence-corrected chi connectivity index (χ4v) is 3.61. The zero-order valence-electron chi connectivity index (χ0n) is 12.7. The lowest BCUT2D eigenvalue weighted by molar-refractivity contribution is -0.113. The summed E-state index contributed by atoms with van der Waals surface area (Å²) in [5, 5.41) is 2.75. The Bertz CT molecular complexity index is 745. The number of carbonyl (C=O) groups excluding carboxylic acids is 1. The largest absolute Gasteiger partial charge is 0.325 e. The third-order valence-corrected chi connectivity index (χ3v) is 5.47. The molecule has 1 amide bonds. The monoisotopic (exact) mass is 350 g/mol. The van der Waals surface area contributed by atoms with Gasteiger partial charge in [0.15, 0.2) is 0 Å². The Hall–Kier alpha value is -1.83. The SMILES string of the molecule is CCNS(=O)(=O)c1ccc(NC(=O)CSc2ccccc2)cc1. The van der Waals surface area contributed by atoms with E-state index in [1.54, 1.807) is 19.1 Å². The van der Waals surface area contributed by atoms with E-state index in [1.807, 2.05) is 30.3 Å². The second-order valence-corrected chi connectivity index (χ2v) is 7.49. The van der Waals surface area contributed by atoms with Crippen molar-refractivity contribution in [2.45, 2.75) is 16.7 Å². The zero-order chi connectivity index (χ0) is 16.7. The molecule has 0 aliphatic rings. The number of benzene rings is 2. The van der Waals surface area contributed by atoms with Crippen molar-refractivity contribution in [3.63, 3.8) is 0 Å². The summed E-state index contributed by atoms with van der Waals surface area (Å²) in [6, 6.07) is 15.7. The first-order valence-electron chi connectivity index (χ1n) is 7.08. The Labute approximate surface area is 140 Å². The first-order chi connectivity index (χ1) is 11.0. The van der Waals surface area contributed by atoms with E-state index in [4.69, 9.17) is 0 Å². The van der Waals surface area contributed by atoms with Crippen molar-refractivity contribution in [2.24, 2.45) is 0 Å². The van der Waals surface area contributed by atoms with E-state index in [-0.39, 0.29) is 10.8 Å². The molecule has 2 aromatic rings. The predicted molar refractivity (Wildman–Crippen MR) is 93.1 cm³/mol. The van der Waals surface area contributed by atoms with E-state index < -0.39 is 10.0 Å². The summed E-state index contributed by atoms with van der Waals surface area (Å²) in [5.41, 5.74) is 0.569. The average Bonchev–Trinajstić information content (AvgIpc) is 2.54. The second-order valence-electron chi connectivity index (χ2n) is 4.68. The van der Waals surface area contributed by atoms with E-state index in [0.29, 0.717) is 18.0 Å². The highest BCUT2D eigenvalue weighted by atomic mass is 32.2. The minimum absolute atomic E-state index is 0.138. The van der Waals surface area contributed by atoms with Crippen LogP contribution in [0.4, 0.5) is 5.69 Å². The van der Waals surface area contributed by atoms with Crippen LogP contribution in [0.15, 0.2) is 64.4 Å². The molecule has 0 aliphatic heterocycles. The lowest BCUT2D eigenvalue weighted by atomic mass is 10.3. The fourth-order valence-electron chi connectivity index (χ4n) is 1.85. The maximum absolute atomic E-state index is 11.9. The van der Waals surface area contributed by atoms with Crippen LogP contribution in [0.25, 0.3) is 0 Å². The van der Waals surface area contributed by atoms with Crippen molar-refractivity contribution in [2.75, 3.05) is 17.6 Å². The van der Waals surface area contributed by atoms with E-state index in [1.165, 1.54) is 23.9 Å². The number of carbonyl (C=O) groups is 1. The highest BCUT2D eigenvalue weighted by molar-refractivity contribution is 8.00. The van der Waals surface area contributed by atoms with Crippen molar-refractivity contribution < 1.29 is 13.2 Å². The molecule has 2 N–H and O–H groups in total. The van der Waals surface area contributed by atoms with E-state index in [2.05, 4.69) is 10.0 Å². The maximum Gasteiger partial charge on any atom is 0.240 e. The molecular weight excluding hydrogens is 332 g/mol. The molecule has 5 nitrogen and oxygen atoms in total. The lowest BCUT2D eigenvalue weighted by Gasteiger charge is -2.07. The molecule has 7 heteroatoms. The molecule has 0 fully saturated rings. The third-order valence-electron chi connectivity index (χ3n) is 2.90. The minimum atomic E-state index is -3.47. The van der Waals surface area contributed by atoms with E-state index >= 15 is 0 Å². The van der Waals surface area contributed by atoms with Gasteiger partial charge in [-0.05, 0) is 36.4 Å². The molecule has 0 radical (unpaired) electrons. The molecule has 0 heterocycles. The number of hydrogen-bond donors (Lipinski definition) is 2. The van der Waals surface area contributed by atoms with Crippen molar-refractivity contribution in [1.82, 2.24) is 4.72 Å². The second kappa shape index (κ2) is 8.14. The van der Waals surface area contributed by atoms with Crippen LogP contribution in [0.1, 0.15) is 6.92 Å². The number of amides is 1. The summed E-state index contributed by atoms with van der Waals surface area (Å²) in [7, 11) is -3.47. The van der Waals surface area contributed by atoms with E-state index in [0.717, 1.165) is 4.90 Å². The molecule has 0 atom stereocenters. The molecule has 0 unspecified atom stereocenters. The number of thioether (sulfide) groups is 1. The van der Waals surface area contributed by atoms with Gasteiger partial charge in [0, 0.05) is 17.1 Å². The lowest BCUT2D eigenvalue weighted by Crippen LogP contribution is -2.23. The van der Waals surface area contributed by atoms with E-state index in [9.17, 15) is 13.2 Å². The molecule has 23 heavy (non-hydrogen) atoms. The Balaban J connectivity index is 1.92. The van der Waals surface area contributed by atoms with Crippen LogP contribution in [0.5, 0.6) is 0 Å². The molecule has 0 aliphatic carbocycles. The van der Waals surface area contributed by atoms with Crippen LogP contribution in [-0.4, -0.2) is 26.6 Å². The highest BCUT2D eigenvalue weighted by Crippen LogP contribution is 2.18. The van der Waals surface area contributed by atoms with Gasteiger partial charge in [-0.3, -0.25) is 4.79 Å². The summed E-state index contributed by atoms with van der Waals surface area (Å²) in [4.78, 5) is 13.1. The Morgan fingerprint density at radius 2 is 1.70 bits per heavy atom. The highest BCUT2D eigenvalue weighted by Gasteiger charge is 2.12. The smallest absolute Gasteiger partial charge is 0.240 e. The van der Waals surface area contributed by atoms with Crippen LogP contribution in [0.3, 0.4) is 0 Å². The summed E-state index contributed by atoms with van der Waals surface area (Å²) < 4.78 is 26.1. The van der Waals surface area contributed by atoms with Gasteiger partial charge in [-0.1, -0.05) is 25.1 Å². The summed E-state index contributed by atoms with van der Waals surface area (Å²) >= 11 is 1.44. The topological polar surface area (TPSA) is 75.3 Å². The zero-order valence-corrected chi connectivity index (χ0v) is 14.3. The molecule has 2 rings (SSSR count). The van der Waals surface area contributed by atoms with Gasteiger partial charge < -0.3 is 5.32 Å². The van der Waals surface area contributed by atoms with Crippen molar-refractivity contribution in [3.05, 3.63) is 54.6 Å². The van der Waals surface area contributed by atoms with Crippen LogP contribution in [0.2, 0.25) is 0 Å². The van der Waals surface area contributed by atoms with Crippen LogP contribution in [-0.2, 0) is 14.8 Å². The summed E-state index contributed by atoms with van der Waals surface area (Å²) in [6.45, 7) is 2.05. The number of hydrogen-bond acceptors (Lipinski definition) is 4. The maximum atomic E-state index is 11.9. The minimum Gasteiger partial charge on any atom is -0.325 e.